The lowest BCUT2D eigenvalue weighted by Gasteiger charge is -2.17. The molecule has 2 aromatic carbocycles. The summed E-state index contributed by atoms with van der Waals surface area (Å²) < 4.78 is 24.2. The van der Waals surface area contributed by atoms with Gasteiger partial charge in [-0.05, 0) is 18.6 Å². The molecule has 0 saturated carbocycles. The van der Waals surface area contributed by atoms with Crippen molar-refractivity contribution in [3.8, 4) is 0 Å². The summed E-state index contributed by atoms with van der Waals surface area (Å²) in [6.45, 7) is 2.01. The molecule has 0 radical (unpaired) electrons. The Bertz CT molecular complexity index is 584. The summed E-state index contributed by atoms with van der Waals surface area (Å²) in [6.07, 6.45) is -0.856. The van der Waals surface area contributed by atoms with Crippen LogP contribution < -0.4 is 0 Å². The molecule has 0 spiro atoms. The monoisotopic (exact) mass is 288 g/mol. The van der Waals surface area contributed by atoms with Crippen LogP contribution in [0.5, 0.6) is 0 Å². The van der Waals surface area contributed by atoms with Gasteiger partial charge >= 0.3 is 5.97 Å². The lowest BCUT2D eigenvalue weighted by Crippen LogP contribution is -2.19. The molecule has 0 aliphatic carbocycles. The number of hydrogen-bond acceptors (Lipinski definition) is 3. The number of carbonyl (C=O) groups excluding carboxylic acids is 1. The number of benzene rings is 2. The van der Waals surface area contributed by atoms with Crippen molar-refractivity contribution < 1.29 is 18.7 Å². The first kappa shape index (κ1) is 15.2. The molecule has 0 aromatic heterocycles. The number of ether oxygens (including phenoxy) is 2. The maximum Gasteiger partial charge on any atom is 0.339 e. The minimum atomic E-state index is -0.856. The van der Waals surface area contributed by atoms with Gasteiger partial charge in [0.2, 0.25) is 0 Å². The van der Waals surface area contributed by atoms with E-state index in [1.165, 1.54) is 6.07 Å². The maximum atomic E-state index is 13.6. The number of hydrogen-bond donors (Lipinski definition) is 0. The summed E-state index contributed by atoms with van der Waals surface area (Å²) in [5.41, 5.74) is 1.09. The Morgan fingerprint density at radius 2 is 1.76 bits per heavy atom. The van der Waals surface area contributed by atoms with Gasteiger partial charge in [0.05, 0.1) is 13.2 Å². The number of rotatable bonds is 6. The molecule has 4 heteroatoms. The van der Waals surface area contributed by atoms with Crippen LogP contribution in [-0.2, 0) is 20.9 Å². The highest BCUT2D eigenvalue weighted by Gasteiger charge is 2.23. The fourth-order valence-electron chi connectivity index (χ4n) is 1.93. The third-order valence-electron chi connectivity index (χ3n) is 2.97. The van der Waals surface area contributed by atoms with Crippen LogP contribution in [0.2, 0.25) is 0 Å². The molecule has 21 heavy (non-hydrogen) atoms. The smallest absolute Gasteiger partial charge is 0.339 e. The largest absolute Gasteiger partial charge is 0.464 e. The van der Waals surface area contributed by atoms with Crippen LogP contribution in [0.15, 0.2) is 54.6 Å². The molecule has 0 aliphatic heterocycles. The van der Waals surface area contributed by atoms with Crippen molar-refractivity contribution in [2.45, 2.75) is 19.6 Å². The van der Waals surface area contributed by atoms with Gasteiger partial charge in [-0.15, -0.1) is 0 Å². The van der Waals surface area contributed by atoms with Gasteiger partial charge in [-0.25, -0.2) is 9.18 Å². The molecule has 0 bridgehead atoms. The average Bonchev–Trinajstić information content (AvgIpc) is 2.50. The predicted molar refractivity (Wildman–Crippen MR) is 77.0 cm³/mol. The van der Waals surface area contributed by atoms with E-state index in [0.29, 0.717) is 11.1 Å². The van der Waals surface area contributed by atoms with Crippen molar-refractivity contribution in [3.05, 3.63) is 71.5 Å². The molecule has 2 rings (SSSR count). The van der Waals surface area contributed by atoms with Gasteiger partial charge < -0.3 is 9.47 Å². The van der Waals surface area contributed by atoms with Crippen molar-refractivity contribution in [1.29, 1.82) is 0 Å². The molecule has 1 unspecified atom stereocenters. The molecule has 0 saturated heterocycles. The summed E-state index contributed by atoms with van der Waals surface area (Å²) in [6, 6.07) is 15.4. The third kappa shape index (κ3) is 4.13. The zero-order valence-corrected chi connectivity index (χ0v) is 11.8. The van der Waals surface area contributed by atoms with Crippen LogP contribution in [0.3, 0.4) is 0 Å². The van der Waals surface area contributed by atoms with Crippen molar-refractivity contribution in [2.24, 2.45) is 0 Å². The fourth-order valence-corrected chi connectivity index (χ4v) is 1.93. The van der Waals surface area contributed by atoms with E-state index < -0.39 is 12.1 Å². The van der Waals surface area contributed by atoms with E-state index in [4.69, 9.17) is 9.47 Å². The van der Waals surface area contributed by atoms with Crippen LogP contribution in [0, 0.1) is 5.82 Å². The second-order valence-corrected chi connectivity index (χ2v) is 4.45. The van der Waals surface area contributed by atoms with Crippen molar-refractivity contribution in [1.82, 2.24) is 0 Å². The van der Waals surface area contributed by atoms with E-state index in [1.807, 2.05) is 18.2 Å². The molecular formula is C17H17FO3. The Morgan fingerprint density at radius 1 is 1.10 bits per heavy atom. The number of carbonyl (C=O) groups is 1. The maximum absolute atomic E-state index is 13.6. The molecule has 0 N–H and O–H groups in total. The van der Waals surface area contributed by atoms with Gasteiger partial charge in [-0.3, -0.25) is 0 Å². The van der Waals surface area contributed by atoms with E-state index in [0.717, 1.165) is 0 Å². The number of esters is 1. The summed E-state index contributed by atoms with van der Waals surface area (Å²) in [5, 5.41) is 0. The van der Waals surface area contributed by atoms with Crippen molar-refractivity contribution >= 4 is 5.97 Å². The summed E-state index contributed by atoms with van der Waals surface area (Å²) in [5.74, 6) is -0.826. The summed E-state index contributed by atoms with van der Waals surface area (Å²) >= 11 is 0. The molecular weight excluding hydrogens is 271 g/mol. The highest BCUT2D eigenvalue weighted by atomic mass is 19.1. The minimum Gasteiger partial charge on any atom is -0.464 e. The second-order valence-electron chi connectivity index (χ2n) is 4.45. The molecule has 110 valence electrons. The molecule has 0 fully saturated rings. The SMILES string of the molecule is CCOC(=O)C(OCc1ccccc1F)c1ccccc1. The first-order chi connectivity index (χ1) is 10.2. The van der Waals surface area contributed by atoms with Gasteiger partial charge in [0, 0.05) is 5.56 Å². The Balaban J connectivity index is 2.13. The highest BCUT2D eigenvalue weighted by Crippen LogP contribution is 2.21. The van der Waals surface area contributed by atoms with Crippen LogP contribution in [0.4, 0.5) is 4.39 Å². The van der Waals surface area contributed by atoms with E-state index in [-0.39, 0.29) is 19.0 Å². The van der Waals surface area contributed by atoms with Crippen LogP contribution in [0.1, 0.15) is 24.2 Å². The minimum absolute atomic E-state index is 0.00501. The Morgan fingerprint density at radius 3 is 2.43 bits per heavy atom. The van der Waals surface area contributed by atoms with Crippen LogP contribution in [0.25, 0.3) is 0 Å². The molecule has 2 aromatic rings. The highest BCUT2D eigenvalue weighted by molar-refractivity contribution is 5.76. The molecule has 1 atom stereocenters. The Hall–Kier alpha value is -2.20. The van der Waals surface area contributed by atoms with Gasteiger partial charge in [-0.2, -0.15) is 0 Å². The quantitative estimate of drug-likeness (QED) is 0.761. The lowest BCUT2D eigenvalue weighted by molar-refractivity contribution is -0.158. The standard InChI is InChI=1S/C17H17FO3/c1-2-20-17(19)16(13-8-4-3-5-9-13)21-12-14-10-6-7-11-15(14)18/h3-11,16H,2,12H2,1H3. The van der Waals surface area contributed by atoms with Crippen LogP contribution in [-0.4, -0.2) is 12.6 Å². The normalized spacial score (nSPS) is 11.9. The van der Waals surface area contributed by atoms with Gasteiger partial charge in [-0.1, -0.05) is 48.5 Å². The van der Waals surface area contributed by atoms with E-state index >= 15 is 0 Å². The third-order valence-corrected chi connectivity index (χ3v) is 2.97. The molecule has 0 heterocycles. The topological polar surface area (TPSA) is 35.5 Å². The Labute approximate surface area is 123 Å². The lowest BCUT2D eigenvalue weighted by atomic mass is 10.1. The zero-order chi connectivity index (χ0) is 15.1. The van der Waals surface area contributed by atoms with E-state index in [1.54, 1.807) is 37.3 Å². The second kappa shape index (κ2) is 7.55. The van der Waals surface area contributed by atoms with Gasteiger partial charge in [0.1, 0.15) is 5.82 Å². The molecule has 3 nitrogen and oxygen atoms in total. The van der Waals surface area contributed by atoms with Crippen molar-refractivity contribution in [3.63, 3.8) is 0 Å². The van der Waals surface area contributed by atoms with Crippen LogP contribution >= 0.6 is 0 Å². The van der Waals surface area contributed by atoms with E-state index in [2.05, 4.69) is 0 Å². The van der Waals surface area contributed by atoms with E-state index in [9.17, 15) is 9.18 Å². The van der Waals surface area contributed by atoms with Gasteiger partial charge in [0.15, 0.2) is 6.10 Å². The molecule has 0 aliphatic rings. The average molecular weight is 288 g/mol. The Kier molecular flexibility index (Phi) is 5.46. The summed E-state index contributed by atoms with van der Waals surface area (Å²) in [4.78, 5) is 12.0. The molecule has 0 amide bonds. The van der Waals surface area contributed by atoms with Crippen molar-refractivity contribution in [2.75, 3.05) is 6.61 Å². The first-order valence-corrected chi connectivity index (χ1v) is 6.79. The first-order valence-electron chi connectivity index (χ1n) is 6.79. The summed E-state index contributed by atoms with van der Waals surface area (Å²) in [7, 11) is 0. The van der Waals surface area contributed by atoms with Gasteiger partial charge in [0.25, 0.3) is 0 Å². The zero-order valence-electron chi connectivity index (χ0n) is 11.8. The number of halogens is 1. The predicted octanol–water partition coefficient (Wildman–Crippen LogP) is 3.65. The fraction of sp³-hybridized carbons (Fsp3) is 0.235.